The minimum absolute atomic E-state index is 0.0979. The number of nitrogens with zero attached hydrogens (tertiary/aromatic N) is 2. The molecule has 6 nitrogen and oxygen atoms in total. The Morgan fingerprint density at radius 1 is 1.26 bits per heavy atom. The normalized spacial score (nSPS) is 27.7. The van der Waals surface area contributed by atoms with Crippen LogP contribution in [-0.2, 0) is 16.0 Å². The highest BCUT2D eigenvalue weighted by Crippen LogP contribution is 2.38. The standard InChI is InChI=1S/C21H27N3O3/c1-14-7-5-9-16-10-6-12-23(18(14)16)17(25)13-24-19(26)21(22-20(24)27)11-4-3-8-15(21)2/h5,7,9,15H,3-4,6,8,10-13H2,1-2H3,(H,22,27). The van der Waals surface area contributed by atoms with Crippen molar-refractivity contribution in [1.82, 2.24) is 10.2 Å². The molecular weight excluding hydrogens is 342 g/mol. The van der Waals surface area contributed by atoms with Gasteiger partial charge in [0.05, 0.1) is 0 Å². The second-order valence-electron chi connectivity index (χ2n) is 8.17. The van der Waals surface area contributed by atoms with E-state index in [0.717, 1.165) is 53.8 Å². The molecule has 27 heavy (non-hydrogen) atoms. The van der Waals surface area contributed by atoms with Gasteiger partial charge in [0.15, 0.2) is 0 Å². The summed E-state index contributed by atoms with van der Waals surface area (Å²) < 4.78 is 0. The van der Waals surface area contributed by atoms with E-state index in [1.165, 1.54) is 0 Å². The van der Waals surface area contributed by atoms with E-state index in [1.54, 1.807) is 4.90 Å². The molecule has 2 fully saturated rings. The Morgan fingerprint density at radius 3 is 2.85 bits per heavy atom. The number of carbonyl (C=O) groups excluding carboxylic acids is 3. The molecule has 0 aromatic heterocycles. The summed E-state index contributed by atoms with van der Waals surface area (Å²) in [5, 5.41) is 2.92. The molecule has 1 aromatic carbocycles. The molecule has 2 aliphatic heterocycles. The zero-order valence-corrected chi connectivity index (χ0v) is 16.1. The molecule has 6 heteroatoms. The summed E-state index contributed by atoms with van der Waals surface area (Å²) in [6.45, 7) is 4.46. The summed E-state index contributed by atoms with van der Waals surface area (Å²) in [6.07, 6.45) is 5.43. The van der Waals surface area contributed by atoms with E-state index in [1.807, 2.05) is 32.0 Å². The van der Waals surface area contributed by atoms with Gasteiger partial charge in [0.1, 0.15) is 12.1 Å². The first-order valence-electron chi connectivity index (χ1n) is 9.97. The van der Waals surface area contributed by atoms with Crippen LogP contribution in [0.2, 0.25) is 0 Å². The number of hydrogen-bond donors (Lipinski definition) is 1. The van der Waals surface area contributed by atoms with Crippen molar-refractivity contribution in [3.8, 4) is 0 Å². The van der Waals surface area contributed by atoms with Crippen LogP contribution in [0.15, 0.2) is 18.2 Å². The zero-order valence-electron chi connectivity index (χ0n) is 16.1. The van der Waals surface area contributed by atoms with Crippen molar-refractivity contribution in [2.75, 3.05) is 18.0 Å². The number of rotatable bonds is 2. The molecule has 3 aliphatic rings. The van der Waals surface area contributed by atoms with Gasteiger partial charge in [0.2, 0.25) is 5.91 Å². The van der Waals surface area contributed by atoms with Crippen molar-refractivity contribution in [3.05, 3.63) is 29.3 Å². The summed E-state index contributed by atoms with van der Waals surface area (Å²) in [5.74, 6) is -0.315. The fourth-order valence-electron chi connectivity index (χ4n) is 4.96. The van der Waals surface area contributed by atoms with Gasteiger partial charge < -0.3 is 10.2 Å². The summed E-state index contributed by atoms with van der Waals surface area (Å²) in [4.78, 5) is 41.6. The molecule has 1 N–H and O–H groups in total. The number of hydrogen-bond acceptors (Lipinski definition) is 3. The molecule has 1 saturated carbocycles. The molecular formula is C21H27N3O3. The molecule has 2 unspecified atom stereocenters. The fourth-order valence-corrected chi connectivity index (χ4v) is 4.96. The first kappa shape index (κ1) is 18.0. The number of carbonyl (C=O) groups is 3. The van der Waals surface area contributed by atoms with Crippen LogP contribution in [0.3, 0.4) is 0 Å². The SMILES string of the molecule is Cc1cccc2c1N(C(=O)CN1C(=O)NC3(CCCCC3C)C1=O)CCC2. The molecule has 2 heterocycles. The van der Waals surface area contributed by atoms with Crippen molar-refractivity contribution in [2.24, 2.45) is 5.92 Å². The van der Waals surface area contributed by atoms with Gasteiger partial charge in [0.25, 0.3) is 5.91 Å². The molecule has 0 bridgehead atoms. The Labute approximate surface area is 159 Å². The number of urea groups is 1. The van der Waals surface area contributed by atoms with Gasteiger partial charge in [-0.25, -0.2) is 4.79 Å². The average molecular weight is 369 g/mol. The lowest BCUT2D eigenvalue weighted by Gasteiger charge is -2.37. The Balaban J connectivity index is 1.56. The minimum Gasteiger partial charge on any atom is -0.323 e. The number of imide groups is 1. The summed E-state index contributed by atoms with van der Waals surface area (Å²) >= 11 is 0. The molecule has 4 amide bonds. The van der Waals surface area contributed by atoms with Crippen LogP contribution in [0.25, 0.3) is 0 Å². The average Bonchev–Trinajstić information content (AvgIpc) is 2.89. The van der Waals surface area contributed by atoms with Crippen molar-refractivity contribution < 1.29 is 14.4 Å². The minimum atomic E-state index is -0.814. The Hall–Kier alpha value is -2.37. The van der Waals surface area contributed by atoms with Gasteiger partial charge in [-0.1, -0.05) is 38.0 Å². The highest BCUT2D eigenvalue weighted by Gasteiger charge is 2.55. The smallest absolute Gasteiger partial charge is 0.323 e. The largest absolute Gasteiger partial charge is 0.325 e. The lowest BCUT2D eigenvalue weighted by molar-refractivity contribution is -0.136. The highest BCUT2D eigenvalue weighted by molar-refractivity contribution is 6.10. The molecule has 1 spiro atoms. The van der Waals surface area contributed by atoms with Crippen molar-refractivity contribution in [3.63, 3.8) is 0 Å². The summed E-state index contributed by atoms with van der Waals surface area (Å²) in [7, 11) is 0. The molecule has 144 valence electrons. The van der Waals surface area contributed by atoms with Crippen molar-refractivity contribution in [1.29, 1.82) is 0 Å². The van der Waals surface area contributed by atoms with E-state index in [2.05, 4.69) is 5.32 Å². The number of anilines is 1. The van der Waals surface area contributed by atoms with E-state index in [0.29, 0.717) is 13.0 Å². The molecule has 4 rings (SSSR count). The highest BCUT2D eigenvalue weighted by atomic mass is 16.2. The lowest BCUT2D eigenvalue weighted by atomic mass is 9.73. The van der Waals surface area contributed by atoms with E-state index in [4.69, 9.17) is 0 Å². The monoisotopic (exact) mass is 369 g/mol. The van der Waals surface area contributed by atoms with Gasteiger partial charge >= 0.3 is 6.03 Å². The maximum atomic E-state index is 13.1. The first-order chi connectivity index (χ1) is 12.9. The third-order valence-corrected chi connectivity index (χ3v) is 6.51. The first-order valence-corrected chi connectivity index (χ1v) is 9.97. The van der Waals surface area contributed by atoms with Crippen LogP contribution in [0, 0.1) is 12.8 Å². The van der Waals surface area contributed by atoms with Crippen molar-refractivity contribution >= 4 is 23.5 Å². The van der Waals surface area contributed by atoms with Gasteiger partial charge in [-0.2, -0.15) is 0 Å². The second-order valence-corrected chi connectivity index (χ2v) is 8.17. The predicted molar refractivity (Wildman–Crippen MR) is 102 cm³/mol. The van der Waals surface area contributed by atoms with Crippen LogP contribution in [-0.4, -0.2) is 41.4 Å². The van der Waals surface area contributed by atoms with Crippen LogP contribution >= 0.6 is 0 Å². The van der Waals surface area contributed by atoms with E-state index in [-0.39, 0.29) is 24.3 Å². The number of para-hydroxylation sites is 1. The van der Waals surface area contributed by atoms with Crippen LogP contribution in [0.4, 0.5) is 10.5 Å². The van der Waals surface area contributed by atoms with Gasteiger partial charge in [0, 0.05) is 12.2 Å². The summed E-state index contributed by atoms with van der Waals surface area (Å²) in [5.41, 5.74) is 2.34. The number of nitrogens with one attached hydrogen (secondary N) is 1. The van der Waals surface area contributed by atoms with Gasteiger partial charge in [-0.05, 0) is 49.7 Å². The molecule has 0 radical (unpaired) electrons. The number of fused-ring (bicyclic) bond motifs is 1. The third-order valence-electron chi connectivity index (χ3n) is 6.51. The summed E-state index contributed by atoms with van der Waals surface area (Å²) in [6, 6.07) is 5.63. The van der Waals surface area contributed by atoms with Crippen LogP contribution in [0.1, 0.15) is 50.2 Å². The van der Waals surface area contributed by atoms with E-state index in [9.17, 15) is 14.4 Å². The fraction of sp³-hybridized carbons (Fsp3) is 0.571. The Bertz CT molecular complexity index is 806. The maximum Gasteiger partial charge on any atom is 0.325 e. The Morgan fingerprint density at radius 2 is 2.07 bits per heavy atom. The number of aryl methyl sites for hydroxylation is 2. The number of benzene rings is 1. The molecule has 1 aliphatic carbocycles. The van der Waals surface area contributed by atoms with Crippen LogP contribution < -0.4 is 10.2 Å². The molecule has 1 aromatic rings. The molecule has 1 saturated heterocycles. The Kier molecular flexibility index (Phi) is 4.44. The van der Waals surface area contributed by atoms with E-state index >= 15 is 0 Å². The molecule has 2 atom stereocenters. The number of amides is 4. The third kappa shape index (κ3) is 2.82. The van der Waals surface area contributed by atoms with E-state index < -0.39 is 11.6 Å². The van der Waals surface area contributed by atoms with Gasteiger partial charge in [-0.15, -0.1) is 0 Å². The lowest BCUT2D eigenvalue weighted by Crippen LogP contribution is -2.54. The topological polar surface area (TPSA) is 69.7 Å². The van der Waals surface area contributed by atoms with Crippen molar-refractivity contribution in [2.45, 2.75) is 57.9 Å². The quantitative estimate of drug-likeness (QED) is 0.815. The van der Waals surface area contributed by atoms with Gasteiger partial charge in [-0.3, -0.25) is 14.5 Å². The predicted octanol–water partition coefficient (Wildman–Crippen LogP) is 2.77. The maximum absolute atomic E-state index is 13.1. The van der Waals surface area contributed by atoms with Crippen LogP contribution in [0.5, 0.6) is 0 Å². The zero-order chi connectivity index (χ0) is 19.2. The second kappa shape index (κ2) is 6.66.